The van der Waals surface area contributed by atoms with Gasteiger partial charge in [0.15, 0.2) is 0 Å². The largest absolute Gasteiger partial charge is 0.351 e. The Labute approximate surface area is 123 Å². The summed E-state index contributed by atoms with van der Waals surface area (Å²) in [6.07, 6.45) is 0. The van der Waals surface area contributed by atoms with Crippen LogP contribution < -0.4 is 10.6 Å². The molecule has 1 atom stereocenters. The van der Waals surface area contributed by atoms with Crippen LogP contribution in [0.5, 0.6) is 0 Å². The summed E-state index contributed by atoms with van der Waals surface area (Å²) in [5.41, 5.74) is 1.31. The molecule has 21 heavy (non-hydrogen) atoms. The lowest BCUT2D eigenvalue weighted by Gasteiger charge is -2.31. The summed E-state index contributed by atoms with van der Waals surface area (Å²) in [6.45, 7) is 4.20. The van der Waals surface area contributed by atoms with Gasteiger partial charge in [-0.3, -0.25) is 9.69 Å². The zero-order valence-corrected chi connectivity index (χ0v) is 12.0. The Morgan fingerprint density at radius 3 is 3.14 bits per heavy atom. The molecule has 1 heterocycles. The standard InChI is InChI=1S/C15H19FN4O/c1-11-2-3-12(6-14(11)16)8-19-15(21)10-20-5-4-18-9-13(20)7-17/h2-3,6,13,18H,4-5,8-10H2,1H3,(H,19,21). The van der Waals surface area contributed by atoms with Gasteiger partial charge in [-0.05, 0) is 24.1 Å². The van der Waals surface area contributed by atoms with Crippen molar-refractivity contribution in [2.45, 2.75) is 19.5 Å². The van der Waals surface area contributed by atoms with Gasteiger partial charge in [-0.2, -0.15) is 5.26 Å². The molecule has 1 aliphatic heterocycles. The van der Waals surface area contributed by atoms with Gasteiger partial charge in [0.25, 0.3) is 0 Å². The molecule has 1 saturated heterocycles. The molecule has 0 radical (unpaired) electrons. The first-order chi connectivity index (χ1) is 10.1. The predicted molar refractivity (Wildman–Crippen MR) is 76.8 cm³/mol. The second-order valence-corrected chi connectivity index (χ2v) is 5.18. The maximum atomic E-state index is 13.4. The first-order valence-corrected chi connectivity index (χ1v) is 6.96. The van der Waals surface area contributed by atoms with Crippen molar-refractivity contribution in [2.75, 3.05) is 26.2 Å². The molecule has 1 unspecified atom stereocenters. The van der Waals surface area contributed by atoms with E-state index >= 15 is 0 Å². The van der Waals surface area contributed by atoms with Gasteiger partial charge in [0, 0.05) is 26.2 Å². The van der Waals surface area contributed by atoms with Gasteiger partial charge in [0.1, 0.15) is 11.9 Å². The Bertz CT molecular complexity index is 555. The number of nitrogens with one attached hydrogen (secondary N) is 2. The molecular formula is C15H19FN4O. The highest BCUT2D eigenvalue weighted by Gasteiger charge is 2.23. The Balaban J connectivity index is 1.84. The summed E-state index contributed by atoms with van der Waals surface area (Å²) in [6, 6.07) is 6.82. The number of hydrogen-bond donors (Lipinski definition) is 2. The van der Waals surface area contributed by atoms with Crippen molar-refractivity contribution in [3.63, 3.8) is 0 Å². The van der Waals surface area contributed by atoms with E-state index in [4.69, 9.17) is 5.26 Å². The molecule has 1 aliphatic rings. The van der Waals surface area contributed by atoms with Crippen LogP contribution in [0.1, 0.15) is 11.1 Å². The van der Waals surface area contributed by atoms with E-state index in [1.54, 1.807) is 19.1 Å². The van der Waals surface area contributed by atoms with Crippen LogP contribution in [0.15, 0.2) is 18.2 Å². The quantitative estimate of drug-likeness (QED) is 0.849. The monoisotopic (exact) mass is 290 g/mol. The Hall–Kier alpha value is -1.97. The van der Waals surface area contributed by atoms with Gasteiger partial charge in [0.2, 0.25) is 5.91 Å². The number of benzene rings is 1. The summed E-state index contributed by atoms with van der Waals surface area (Å²) in [7, 11) is 0. The van der Waals surface area contributed by atoms with E-state index in [9.17, 15) is 9.18 Å². The topological polar surface area (TPSA) is 68.2 Å². The van der Waals surface area contributed by atoms with E-state index in [-0.39, 0.29) is 24.3 Å². The molecule has 0 saturated carbocycles. The maximum absolute atomic E-state index is 13.4. The Morgan fingerprint density at radius 1 is 1.62 bits per heavy atom. The molecule has 6 heteroatoms. The average Bonchev–Trinajstić information content (AvgIpc) is 2.49. The highest BCUT2D eigenvalue weighted by molar-refractivity contribution is 5.78. The lowest BCUT2D eigenvalue weighted by Crippen LogP contribution is -2.53. The van der Waals surface area contributed by atoms with Crippen LogP contribution in [0.3, 0.4) is 0 Å². The van der Waals surface area contributed by atoms with Gasteiger partial charge in [-0.1, -0.05) is 12.1 Å². The average molecular weight is 290 g/mol. The van der Waals surface area contributed by atoms with Crippen molar-refractivity contribution < 1.29 is 9.18 Å². The number of carbonyl (C=O) groups is 1. The minimum Gasteiger partial charge on any atom is -0.351 e. The summed E-state index contributed by atoms with van der Waals surface area (Å²) in [5.74, 6) is -0.425. The fourth-order valence-corrected chi connectivity index (χ4v) is 2.25. The Kier molecular flexibility index (Phi) is 5.26. The van der Waals surface area contributed by atoms with Crippen molar-refractivity contribution in [2.24, 2.45) is 0 Å². The number of nitrogens with zero attached hydrogens (tertiary/aromatic N) is 2. The molecule has 2 N–H and O–H groups in total. The summed E-state index contributed by atoms with van der Waals surface area (Å²) in [5, 5.41) is 14.9. The zero-order valence-electron chi connectivity index (χ0n) is 12.0. The predicted octanol–water partition coefficient (Wildman–Crippen LogP) is 0.548. The minimum absolute atomic E-state index is 0.155. The molecule has 2 rings (SSSR count). The lowest BCUT2D eigenvalue weighted by molar-refractivity contribution is -0.122. The third kappa shape index (κ3) is 4.25. The Morgan fingerprint density at radius 2 is 2.43 bits per heavy atom. The van der Waals surface area contributed by atoms with Crippen molar-refractivity contribution in [1.29, 1.82) is 5.26 Å². The molecule has 0 aromatic heterocycles. The third-order valence-corrected chi connectivity index (χ3v) is 3.58. The number of aryl methyl sites for hydroxylation is 1. The van der Waals surface area contributed by atoms with E-state index in [0.717, 1.165) is 12.1 Å². The van der Waals surface area contributed by atoms with Gasteiger partial charge in [-0.25, -0.2) is 4.39 Å². The molecular weight excluding hydrogens is 271 g/mol. The fourth-order valence-electron chi connectivity index (χ4n) is 2.25. The first kappa shape index (κ1) is 15.4. The fraction of sp³-hybridized carbons (Fsp3) is 0.467. The lowest BCUT2D eigenvalue weighted by atomic mass is 10.1. The molecule has 0 spiro atoms. The molecule has 1 aromatic carbocycles. The summed E-state index contributed by atoms with van der Waals surface area (Å²) < 4.78 is 13.4. The van der Waals surface area contributed by atoms with Crippen LogP contribution in [-0.4, -0.2) is 43.0 Å². The van der Waals surface area contributed by atoms with Crippen molar-refractivity contribution in [3.05, 3.63) is 35.1 Å². The van der Waals surface area contributed by atoms with E-state index < -0.39 is 0 Å². The van der Waals surface area contributed by atoms with Crippen molar-refractivity contribution in [3.8, 4) is 6.07 Å². The summed E-state index contributed by atoms with van der Waals surface area (Å²) >= 11 is 0. The maximum Gasteiger partial charge on any atom is 0.234 e. The van der Waals surface area contributed by atoms with E-state index in [1.807, 2.05) is 4.90 Å². The molecule has 5 nitrogen and oxygen atoms in total. The molecule has 112 valence electrons. The van der Waals surface area contributed by atoms with Crippen LogP contribution >= 0.6 is 0 Å². The summed E-state index contributed by atoms with van der Waals surface area (Å²) in [4.78, 5) is 13.8. The van der Waals surface area contributed by atoms with Crippen LogP contribution in [-0.2, 0) is 11.3 Å². The van der Waals surface area contributed by atoms with E-state index in [2.05, 4.69) is 16.7 Å². The number of rotatable bonds is 4. The van der Waals surface area contributed by atoms with E-state index in [0.29, 0.717) is 25.2 Å². The van der Waals surface area contributed by atoms with Gasteiger partial charge >= 0.3 is 0 Å². The molecule has 0 aliphatic carbocycles. The SMILES string of the molecule is Cc1ccc(CNC(=O)CN2CCNCC2C#N)cc1F. The van der Waals surface area contributed by atoms with Gasteiger partial charge in [-0.15, -0.1) is 0 Å². The molecule has 1 aromatic rings. The number of piperazine rings is 1. The molecule has 0 bridgehead atoms. The van der Waals surface area contributed by atoms with Gasteiger partial charge in [0.05, 0.1) is 12.6 Å². The molecule has 1 amide bonds. The second-order valence-electron chi connectivity index (χ2n) is 5.18. The van der Waals surface area contributed by atoms with Gasteiger partial charge < -0.3 is 10.6 Å². The number of carbonyl (C=O) groups excluding carboxylic acids is 1. The minimum atomic E-state index is -0.277. The van der Waals surface area contributed by atoms with Crippen molar-refractivity contribution >= 4 is 5.91 Å². The van der Waals surface area contributed by atoms with Crippen LogP contribution in [0.2, 0.25) is 0 Å². The van der Waals surface area contributed by atoms with Crippen LogP contribution in [0, 0.1) is 24.1 Å². The molecule has 1 fully saturated rings. The second kappa shape index (κ2) is 7.16. The highest BCUT2D eigenvalue weighted by Crippen LogP contribution is 2.09. The number of amides is 1. The number of nitriles is 1. The zero-order chi connectivity index (χ0) is 15.2. The van der Waals surface area contributed by atoms with Crippen molar-refractivity contribution in [1.82, 2.24) is 15.5 Å². The number of halogens is 1. The third-order valence-electron chi connectivity index (χ3n) is 3.58. The highest BCUT2D eigenvalue weighted by atomic mass is 19.1. The smallest absolute Gasteiger partial charge is 0.234 e. The van der Waals surface area contributed by atoms with Crippen LogP contribution in [0.25, 0.3) is 0 Å². The normalized spacial score (nSPS) is 19.0. The van der Waals surface area contributed by atoms with Crippen LogP contribution in [0.4, 0.5) is 4.39 Å². The first-order valence-electron chi connectivity index (χ1n) is 6.96. The number of hydrogen-bond acceptors (Lipinski definition) is 4. The van der Waals surface area contributed by atoms with E-state index in [1.165, 1.54) is 6.07 Å².